The van der Waals surface area contributed by atoms with Crippen LogP contribution in [0.4, 0.5) is 0 Å². The second-order valence-corrected chi connectivity index (χ2v) is 5.00. The van der Waals surface area contributed by atoms with Crippen LogP contribution < -0.4 is 0 Å². The van der Waals surface area contributed by atoms with Crippen molar-refractivity contribution in [2.75, 3.05) is 18.6 Å². The summed E-state index contributed by atoms with van der Waals surface area (Å²) < 4.78 is 4.23. The predicted molar refractivity (Wildman–Crippen MR) is 33.0 cm³/mol. The van der Waals surface area contributed by atoms with Crippen LogP contribution in [0.3, 0.4) is 0 Å². The quantitative estimate of drug-likeness (QED) is 0.437. The van der Waals surface area contributed by atoms with Gasteiger partial charge in [-0.1, -0.05) is 10.8 Å². The van der Waals surface area contributed by atoms with Crippen LogP contribution in [0.2, 0.25) is 0 Å². The average Bonchev–Trinajstić information content (AvgIpc) is 1.86. The number of rotatable bonds is 0. The van der Waals surface area contributed by atoms with Crippen molar-refractivity contribution in [1.29, 1.82) is 0 Å². The van der Waals surface area contributed by atoms with Gasteiger partial charge in [-0.25, -0.2) is 0 Å². The van der Waals surface area contributed by atoms with Gasteiger partial charge in [0.05, 0.1) is 6.54 Å². The molecule has 1 rings (SSSR count). The molecule has 0 saturated heterocycles. The van der Waals surface area contributed by atoms with Gasteiger partial charge in [0, 0.05) is 12.0 Å². The minimum Gasteiger partial charge on any atom is -0.254 e. The summed E-state index contributed by atoms with van der Waals surface area (Å²) in [7, 11) is 2.33. The van der Waals surface area contributed by atoms with Crippen LogP contribution in [-0.2, 0) is 9.72 Å². The largest absolute Gasteiger partial charge is 0.254 e. The molecule has 0 aromatic carbocycles. The summed E-state index contributed by atoms with van der Waals surface area (Å²) in [6.45, 7) is 1.09. The van der Waals surface area contributed by atoms with Crippen LogP contribution in [-0.4, -0.2) is 18.6 Å². The predicted octanol–water partition coefficient (Wildman–Crippen LogP) is 1.08. The molecule has 1 unspecified atom stereocenters. The normalized spacial score (nSPS) is 33.2. The lowest BCUT2D eigenvalue weighted by Gasteiger charge is -1.79. The molecule has 0 bridgehead atoms. The summed E-state index contributed by atoms with van der Waals surface area (Å²) in [5, 5.41) is 0. The number of hydrogen-bond acceptors (Lipinski definition) is 2. The third-order valence-electron chi connectivity index (χ3n) is 0.618. The van der Waals surface area contributed by atoms with E-state index >= 15 is 0 Å². The summed E-state index contributed by atoms with van der Waals surface area (Å²) in [5.41, 5.74) is 0. The van der Waals surface area contributed by atoms with E-state index in [2.05, 4.69) is 10.6 Å². The van der Waals surface area contributed by atoms with Crippen LogP contribution in [0.5, 0.6) is 0 Å². The van der Waals surface area contributed by atoms with Crippen molar-refractivity contribution >= 4 is 20.5 Å². The molecule has 1 atom stereocenters. The summed E-state index contributed by atoms with van der Waals surface area (Å²) >= 11 is 0. The lowest BCUT2D eigenvalue weighted by atomic mass is 10.8. The van der Waals surface area contributed by atoms with Gasteiger partial charge in [0.1, 0.15) is 0 Å². The monoisotopic (exact) mass is 121 g/mol. The fourth-order valence-electron chi connectivity index (χ4n) is 0.361. The highest BCUT2D eigenvalue weighted by molar-refractivity contribution is 8.70. The fraction of sp³-hybridized carbons (Fsp3) is 1.00. The van der Waals surface area contributed by atoms with E-state index in [-0.39, 0.29) is 0 Å². The summed E-state index contributed by atoms with van der Waals surface area (Å²) in [4.78, 5) is 0. The van der Waals surface area contributed by atoms with Crippen molar-refractivity contribution in [2.24, 2.45) is 4.36 Å². The highest BCUT2D eigenvalue weighted by atomic mass is 33.1. The van der Waals surface area contributed by atoms with E-state index in [1.54, 1.807) is 0 Å². The Hall–Kier alpha value is 0.500. The summed E-state index contributed by atoms with van der Waals surface area (Å²) in [6, 6.07) is 0. The minimum atomic E-state index is 0.369. The molecule has 0 aromatic heterocycles. The highest BCUT2D eigenvalue weighted by Gasteiger charge is 1.95. The van der Waals surface area contributed by atoms with E-state index in [4.69, 9.17) is 0 Å². The van der Waals surface area contributed by atoms with Crippen LogP contribution in [0.15, 0.2) is 4.36 Å². The molecule has 0 aliphatic carbocycles. The third-order valence-corrected chi connectivity index (χ3v) is 3.69. The Morgan fingerprint density at radius 1 is 1.83 bits per heavy atom. The molecule has 1 heterocycles. The topological polar surface area (TPSA) is 12.4 Å². The van der Waals surface area contributed by atoms with Crippen LogP contribution in [0, 0.1) is 0 Å². The zero-order valence-electron chi connectivity index (χ0n) is 3.68. The van der Waals surface area contributed by atoms with Gasteiger partial charge in [-0.2, -0.15) is 0 Å². The zero-order chi connectivity index (χ0) is 4.41. The molecule has 0 spiro atoms. The SMILES string of the molecule is CS1=NCCS1. The van der Waals surface area contributed by atoms with Crippen LogP contribution in [0.25, 0.3) is 0 Å². The number of nitrogens with zero attached hydrogens (tertiary/aromatic N) is 1. The third kappa shape index (κ3) is 0.980. The first-order chi connectivity index (χ1) is 2.89. The van der Waals surface area contributed by atoms with E-state index in [1.165, 1.54) is 5.75 Å². The van der Waals surface area contributed by atoms with Gasteiger partial charge in [0.25, 0.3) is 0 Å². The Morgan fingerprint density at radius 2 is 2.67 bits per heavy atom. The smallest absolute Gasteiger partial charge is 0.0566 e. The van der Waals surface area contributed by atoms with Gasteiger partial charge in [0.2, 0.25) is 0 Å². The molecule has 0 aromatic rings. The van der Waals surface area contributed by atoms with E-state index in [1.807, 2.05) is 10.8 Å². The maximum absolute atomic E-state index is 4.23. The summed E-state index contributed by atoms with van der Waals surface area (Å²) in [5.74, 6) is 1.25. The minimum absolute atomic E-state index is 0.369. The standard InChI is InChI=1S/C3H7NS2/c1-6-4-2-3-5-6/h2-3H2,1H3. The zero-order valence-corrected chi connectivity index (χ0v) is 5.31. The lowest BCUT2D eigenvalue weighted by molar-refractivity contribution is 1.19. The van der Waals surface area contributed by atoms with Gasteiger partial charge < -0.3 is 0 Å². The maximum Gasteiger partial charge on any atom is 0.0566 e. The van der Waals surface area contributed by atoms with Gasteiger partial charge in [0.15, 0.2) is 0 Å². The Labute approximate surface area is 44.0 Å². The van der Waals surface area contributed by atoms with Gasteiger partial charge in [-0.05, 0) is 9.72 Å². The van der Waals surface area contributed by atoms with E-state index in [0.717, 1.165) is 6.54 Å². The van der Waals surface area contributed by atoms with E-state index < -0.39 is 0 Å². The molecule has 0 fully saturated rings. The first-order valence-electron chi connectivity index (χ1n) is 1.86. The van der Waals surface area contributed by atoms with Crippen molar-refractivity contribution in [1.82, 2.24) is 0 Å². The second kappa shape index (κ2) is 1.98. The lowest BCUT2D eigenvalue weighted by Crippen LogP contribution is -1.69. The molecule has 0 amide bonds. The molecule has 1 aliphatic heterocycles. The van der Waals surface area contributed by atoms with Gasteiger partial charge >= 0.3 is 0 Å². The molecule has 3 heteroatoms. The van der Waals surface area contributed by atoms with Crippen molar-refractivity contribution < 1.29 is 0 Å². The molecular formula is C3H7NS2. The van der Waals surface area contributed by atoms with Crippen molar-refractivity contribution in [3.05, 3.63) is 0 Å². The molecule has 0 radical (unpaired) electrons. The van der Waals surface area contributed by atoms with E-state index in [0.29, 0.717) is 9.72 Å². The van der Waals surface area contributed by atoms with Crippen molar-refractivity contribution in [3.63, 3.8) is 0 Å². The van der Waals surface area contributed by atoms with Crippen LogP contribution in [0.1, 0.15) is 0 Å². The molecular weight excluding hydrogens is 114 g/mol. The number of hydrogen-bond donors (Lipinski definition) is 0. The first-order valence-corrected chi connectivity index (χ1v) is 4.95. The molecule has 6 heavy (non-hydrogen) atoms. The average molecular weight is 121 g/mol. The Bertz CT molecular complexity index is 78.9. The molecule has 1 aliphatic rings. The summed E-state index contributed by atoms with van der Waals surface area (Å²) in [6.07, 6.45) is 2.16. The Kier molecular flexibility index (Phi) is 1.54. The molecule has 0 saturated carbocycles. The van der Waals surface area contributed by atoms with Crippen LogP contribution >= 0.6 is 10.8 Å². The van der Waals surface area contributed by atoms with Crippen molar-refractivity contribution in [2.45, 2.75) is 0 Å². The van der Waals surface area contributed by atoms with Crippen molar-refractivity contribution in [3.8, 4) is 0 Å². The Balaban J connectivity index is 2.45. The molecule has 0 N–H and O–H groups in total. The van der Waals surface area contributed by atoms with Gasteiger partial charge in [-0.3, -0.25) is 4.36 Å². The first kappa shape index (κ1) is 4.65. The Morgan fingerprint density at radius 3 is 2.83 bits per heavy atom. The van der Waals surface area contributed by atoms with Gasteiger partial charge in [-0.15, -0.1) is 0 Å². The molecule has 1 nitrogen and oxygen atoms in total. The second-order valence-electron chi connectivity index (χ2n) is 1.10. The molecule has 36 valence electrons. The highest BCUT2D eigenvalue weighted by Crippen LogP contribution is 2.13. The van der Waals surface area contributed by atoms with E-state index in [9.17, 15) is 0 Å². The fourth-order valence-corrected chi connectivity index (χ4v) is 2.70. The maximum atomic E-state index is 4.23.